The van der Waals surface area contributed by atoms with Gasteiger partial charge in [-0.05, 0) is 49.6 Å². The standard InChI is InChI=1S/C20H26N2O2/c1-20(2,3)24-14-17-8-4-6-15(10-17)12-22-13-16-7-5-9-18(11-16)19(21)23/h4-11,22H,12-14H2,1-3H3,(H2,21,23). The summed E-state index contributed by atoms with van der Waals surface area (Å²) in [6.07, 6.45) is 0. The molecule has 0 saturated heterocycles. The molecule has 1 amide bonds. The Bertz CT molecular complexity index is 690. The van der Waals surface area contributed by atoms with Gasteiger partial charge in [0.2, 0.25) is 5.91 Å². The van der Waals surface area contributed by atoms with Crippen LogP contribution in [0.15, 0.2) is 48.5 Å². The fraction of sp³-hybridized carbons (Fsp3) is 0.350. The number of hydrogen-bond acceptors (Lipinski definition) is 3. The summed E-state index contributed by atoms with van der Waals surface area (Å²) in [6.45, 7) is 8.21. The highest BCUT2D eigenvalue weighted by Gasteiger charge is 2.10. The Balaban J connectivity index is 1.88. The van der Waals surface area contributed by atoms with E-state index in [1.165, 1.54) is 11.1 Å². The number of nitrogens with two attached hydrogens (primary N) is 1. The van der Waals surface area contributed by atoms with Gasteiger partial charge < -0.3 is 15.8 Å². The summed E-state index contributed by atoms with van der Waals surface area (Å²) >= 11 is 0. The van der Waals surface area contributed by atoms with Gasteiger partial charge in [0.25, 0.3) is 0 Å². The molecule has 0 unspecified atom stereocenters. The molecule has 0 bridgehead atoms. The number of ether oxygens (including phenoxy) is 1. The molecule has 3 N–H and O–H groups in total. The zero-order chi connectivity index (χ0) is 17.6. The van der Waals surface area contributed by atoms with Crippen LogP contribution in [0.1, 0.15) is 47.8 Å². The quantitative estimate of drug-likeness (QED) is 0.820. The number of carbonyl (C=O) groups is 1. The number of primary amides is 1. The Morgan fingerprint density at radius 3 is 2.21 bits per heavy atom. The van der Waals surface area contributed by atoms with Crippen LogP contribution >= 0.6 is 0 Å². The Morgan fingerprint density at radius 2 is 1.58 bits per heavy atom. The predicted molar refractivity (Wildman–Crippen MR) is 96.5 cm³/mol. The van der Waals surface area contributed by atoms with Crippen molar-refractivity contribution in [1.82, 2.24) is 5.32 Å². The van der Waals surface area contributed by atoms with Crippen molar-refractivity contribution in [3.05, 3.63) is 70.8 Å². The average Bonchev–Trinajstić information content (AvgIpc) is 2.53. The second-order valence-corrected chi connectivity index (χ2v) is 6.89. The van der Waals surface area contributed by atoms with Crippen LogP contribution in [-0.4, -0.2) is 11.5 Å². The molecule has 0 atom stereocenters. The molecule has 2 aromatic rings. The van der Waals surface area contributed by atoms with Crippen molar-refractivity contribution in [3.8, 4) is 0 Å². The van der Waals surface area contributed by atoms with Crippen molar-refractivity contribution in [1.29, 1.82) is 0 Å². The Kier molecular flexibility index (Phi) is 6.12. The molecule has 2 rings (SSSR count). The van der Waals surface area contributed by atoms with Crippen LogP contribution in [0.3, 0.4) is 0 Å². The zero-order valence-corrected chi connectivity index (χ0v) is 14.6. The monoisotopic (exact) mass is 326 g/mol. The van der Waals surface area contributed by atoms with E-state index < -0.39 is 5.91 Å². The lowest BCUT2D eigenvalue weighted by atomic mass is 10.1. The number of benzene rings is 2. The second kappa shape index (κ2) is 8.08. The highest BCUT2D eigenvalue weighted by molar-refractivity contribution is 5.92. The maximum atomic E-state index is 11.2. The summed E-state index contributed by atoms with van der Waals surface area (Å²) in [4.78, 5) is 11.2. The van der Waals surface area contributed by atoms with Gasteiger partial charge >= 0.3 is 0 Å². The van der Waals surface area contributed by atoms with Crippen LogP contribution in [0, 0.1) is 0 Å². The molecule has 0 spiro atoms. The molecule has 0 aliphatic rings. The first-order valence-corrected chi connectivity index (χ1v) is 8.15. The third-order valence-electron chi connectivity index (χ3n) is 3.53. The third kappa shape index (κ3) is 6.14. The van der Waals surface area contributed by atoms with Crippen LogP contribution in [0.25, 0.3) is 0 Å². The van der Waals surface area contributed by atoms with Gasteiger partial charge in [-0.3, -0.25) is 4.79 Å². The van der Waals surface area contributed by atoms with Gasteiger partial charge in [0, 0.05) is 18.7 Å². The summed E-state index contributed by atoms with van der Waals surface area (Å²) in [5.41, 5.74) is 9.12. The van der Waals surface area contributed by atoms with Crippen LogP contribution in [0.2, 0.25) is 0 Å². The molecule has 4 nitrogen and oxygen atoms in total. The lowest BCUT2D eigenvalue weighted by Gasteiger charge is -2.19. The molecular formula is C20H26N2O2. The van der Waals surface area contributed by atoms with Crippen LogP contribution in [0.4, 0.5) is 0 Å². The van der Waals surface area contributed by atoms with E-state index in [4.69, 9.17) is 10.5 Å². The smallest absolute Gasteiger partial charge is 0.248 e. The largest absolute Gasteiger partial charge is 0.371 e. The van der Waals surface area contributed by atoms with Crippen molar-refractivity contribution in [3.63, 3.8) is 0 Å². The summed E-state index contributed by atoms with van der Waals surface area (Å²) < 4.78 is 5.82. The molecular weight excluding hydrogens is 300 g/mol. The van der Waals surface area contributed by atoms with Crippen LogP contribution in [-0.2, 0) is 24.4 Å². The van der Waals surface area contributed by atoms with E-state index in [2.05, 4.69) is 44.3 Å². The second-order valence-electron chi connectivity index (χ2n) is 6.89. The normalized spacial score (nSPS) is 11.5. The third-order valence-corrected chi connectivity index (χ3v) is 3.53. The van der Waals surface area contributed by atoms with E-state index in [0.717, 1.165) is 12.1 Å². The first-order valence-electron chi connectivity index (χ1n) is 8.15. The number of rotatable bonds is 7. The molecule has 2 aromatic carbocycles. The Morgan fingerprint density at radius 1 is 1.00 bits per heavy atom. The van der Waals surface area contributed by atoms with E-state index >= 15 is 0 Å². The molecule has 0 radical (unpaired) electrons. The van der Waals surface area contributed by atoms with E-state index in [9.17, 15) is 4.79 Å². The zero-order valence-electron chi connectivity index (χ0n) is 14.6. The molecule has 0 heterocycles. The van der Waals surface area contributed by atoms with E-state index in [-0.39, 0.29) is 5.60 Å². The molecule has 128 valence electrons. The molecule has 0 saturated carbocycles. The van der Waals surface area contributed by atoms with Gasteiger partial charge in [-0.2, -0.15) is 0 Å². The summed E-state index contributed by atoms with van der Waals surface area (Å²) in [5.74, 6) is -0.400. The first kappa shape index (κ1) is 18.2. The number of carbonyl (C=O) groups excluding carboxylic acids is 1. The van der Waals surface area contributed by atoms with Crippen LogP contribution < -0.4 is 11.1 Å². The van der Waals surface area contributed by atoms with Crippen molar-refractivity contribution >= 4 is 5.91 Å². The van der Waals surface area contributed by atoms with E-state index in [0.29, 0.717) is 18.7 Å². The van der Waals surface area contributed by atoms with Gasteiger partial charge in [-0.25, -0.2) is 0 Å². The van der Waals surface area contributed by atoms with Crippen LogP contribution in [0.5, 0.6) is 0 Å². The Labute approximate surface area is 144 Å². The van der Waals surface area contributed by atoms with Gasteiger partial charge in [0.05, 0.1) is 12.2 Å². The lowest BCUT2D eigenvalue weighted by Crippen LogP contribution is -2.19. The molecule has 24 heavy (non-hydrogen) atoms. The van der Waals surface area contributed by atoms with Crippen molar-refractivity contribution < 1.29 is 9.53 Å². The number of nitrogens with one attached hydrogen (secondary N) is 1. The minimum absolute atomic E-state index is 0.139. The molecule has 0 aliphatic heterocycles. The number of amides is 1. The fourth-order valence-electron chi connectivity index (χ4n) is 2.31. The topological polar surface area (TPSA) is 64.3 Å². The molecule has 0 aliphatic carbocycles. The minimum atomic E-state index is -0.400. The fourth-order valence-corrected chi connectivity index (χ4v) is 2.31. The summed E-state index contributed by atoms with van der Waals surface area (Å²) in [5, 5.41) is 3.39. The van der Waals surface area contributed by atoms with Crippen molar-refractivity contribution in [2.45, 2.75) is 46.1 Å². The average molecular weight is 326 g/mol. The van der Waals surface area contributed by atoms with E-state index in [1.54, 1.807) is 6.07 Å². The van der Waals surface area contributed by atoms with Gasteiger partial charge in [-0.1, -0.05) is 36.4 Å². The van der Waals surface area contributed by atoms with Crippen molar-refractivity contribution in [2.24, 2.45) is 5.73 Å². The molecule has 0 fully saturated rings. The lowest BCUT2D eigenvalue weighted by molar-refractivity contribution is -0.0149. The summed E-state index contributed by atoms with van der Waals surface area (Å²) in [6, 6.07) is 15.7. The molecule has 0 aromatic heterocycles. The van der Waals surface area contributed by atoms with Crippen molar-refractivity contribution in [2.75, 3.05) is 0 Å². The molecule has 4 heteroatoms. The summed E-state index contributed by atoms with van der Waals surface area (Å²) in [7, 11) is 0. The van der Waals surface area contributed by atoms with E-state index in [1.807, 2.05) is 24.3 Å². The maximum absolute atomic E-state index is 11.2. The maximum Gasteiger partial charge on any atom is 0.248 e. The Hall–Kier alpha value is -2.17. The highest BCUT2D eigenvalue weighted by atomic mass is 16.5. The number of hydrogen-bond donors (Lipinski definition) is 2. The van der Waals surface area contributed by atoms with Gasteiger partial charge in [0.15, 0.2) is 0 Å². The SMILES string of the molecule is CC(C)(C)OCc1cccc(CNCc2cccc(C(N)=O)c2)c1. The minimum Gasteiger partial charge on any atom is -0.371 e. The highest BCUT2D eigenvalue weighted by Crippen LogP contribution is 2.13. The predicted octanol–water partition coefficient (Wildman–Crippen LogP) is 3.39. The van der Waals surface area contributed by atoms with Gasteiger partial charge in [-0.15, -0.1) is 0 Å². The van der Waals surface area contributed by atoms with Gasteiger partial charge in [0.1, 0.15) is 0 Å². The first-order chi connectivity index (χ1) is 11.3.